The summed E-state index contributed by atoms with van der Waals surface area (Å²) in [6.07, 6.45) is 0.239. The molecule has 0 radical (unpaired) electrons. The van der Waals surface area contributed by atoms with E-state index in [2.05, 4.69) is 5.32 Å². The molecule has 7 heteroatoms. The van der Waals surface area contributed by atoms with Gasteiger partial charge in [0.1, 0.15) is 11.8 Å². The number of hydrogen-bond acceptors (Lipinski definition) is 5. The molecule has 0 saturated carbocycles. The van der Waals surface area contributed by atoms with E-state index in [0.29, 0.717) is 0 Å². The van der Waals surface area contributed by atoms with Crippen LogP contribution in [0.1, 0.15) is 5.56 Å². The Morgan fingerprint density at radius 2 is 1.84 bits per heavy atom. The zero-order chi connectivity index (χ0) is 14.4. The number of aliphatic hydroxyl groups is 1. The maximum atomic E-state index is 11.7. The molecule has 19 heavy (non-hydrogen) atoms. The number of primary amides is 1. The van der Waals surface area contributed by atoms with Gasteiger partial charge in [0.2, 0.25) is 11.8 Å². The largest absolute Gasteiger partial charge is 0.508 e. The zero-order valence-electron chi connectivity index (χ0n) is 10.2. The maximum absolute atomic E-state index is 11.7. The van der Waals surface area contributed by atoms with Gasteiger partial charge >= 0.3 is 0 Å². The van der Waals surface area contributed by atoms with Crippen LogP contribution in [0, 0.1) is 0 Å². The summed E-state index contributed by atoms with van der Waals surface area (Å²) in [5.74, 6) is -1.28. The van der Waals surface area contributed by atoms with Crippen molar-refractivity contribution in [3.63, 3.8) is 0 Å². The number of carbonyl (C=O) groups is 2. The number of nitrogens with one attached hydrogen (secondary N) is 1. The number of hydrogen-bond donors (Lipinski definition) is 5. The number of nitrogens with two attached hydrogens (primary N) is 2. The number of aliphatic hydroxyl groups excluding tert-OH is 1. The summed E-state index contributed by atoms with van der Waals surface area (Å²) in [7, 11) is 0. The van der Waals surface area contributed by atoms with E-state index in [4.69, 9.17) is 21.7 Å². The molecule has 1 rings (SSSR count). The Morgan fingerprint density at radius 1 is 1.26 bits per heavy atom. The van der Waals surface area contributed by atoms with Gasteiger partial charge in [-0.2, -0.15) is 0 Å². The summed E-state index contributed by atoms with van der Waals surface area (Å²) >= 11 is 0. The molecule has 0 aliphatic heterocycles. The van der Waals surface area contributed by atoms with Crippen molar-refractivity contribution in [2.45, 2.75) is 18.5 Å². The van der Waals surface area contributed by atoms with E-state index in [-0.39, 0.29) is 12.2 Å². The third-order valence-electron chi connectivity index (χ3n) is 2.57. The molecule has 2 atom stereocenters. The molecule has 0 heterocycles. The van der Waals surface area contributed by atoms with Gasteiger partial charge in [0.05, 0.1) is 12.6 Å². The van der Waals surface area contributed by atoms with Gasteiger partial charge in [0.15, 0.2) is 0 Å². The second kappa shape index (κ2) is 6.72. The van der Waals surface area contributed by atoms with Gasteiger partial charge in [-0.3, -0.25) is 9.59 Å². The quantitative estimate of drug-likeness (QED) is 0.415. The lowest BCUT2D eigenvalue weighted by Gasteiger charge is -2.16. The monoisotopic (exact) mass is 267 g/mol. The lowest BCUT2D eigenvalue weighted by atomic mass is 10.1. The first-order valence-electron chi connectivity index (χ1n) is 5.68. The highest BCUT2D eigenvalue weighted by Crippen LogP contribution is 2.10. The smallest absolute Gasteiger partial charge is 0.242 e. The number of carbonyl (C=O) groups excluding carboxylic acids is 2. The van der Waals surface area contributed by atoms with Crippen LogP contribution >= 0.6 is 0 Å². The normalized spacial score (nSPS) is 13.6. The van der Waals surface area contributed by atoms with E-state index < -0.39 is 30.5 Å². The fourth-order valence-corrected chi connectivity index (χ4v) is 1.46. The van der Waals surface area contributed by atoms with Crippen molar-refractivity contribution in [2.24, 2.45) is 11.5 Å². The number of phenols is 1. The third-order valence-corrected chi connectivity index (χ3v) is 2.57. The molecule has 7 nitrogen and oxygen atoms in total. The summed E-state index contributed by atoms with van der Waals surface area (Å²) in [6.45, 7) is -0.576. The van der Waals surface area contributed by atoms with Gasteiger partial charge in [-0.05, 0) is 24.1 Å². The van der Waals surface area contributed by atoms with Crippen molar-refractivity contribution >= 4 is 11.8 Å². The second-order valence-electron chi connectivity index (χ2n) is 4.12. The lowest BCUT2D eigenvalue weighted by molar-refractivity contribution is -0.128. The average molecular weight is 267 g/mol. The highest BCUT2D eigenvalue weighted by Gasteiger charge is 2.21. The molecule has 0 aliphatic rings. The van der Waals surface area contributed by atoms with E-state index in [9.17, 15) is 9.59 Å². The Balaban J connectivity index is 2.57. The Hall–Kier alpha value is -2.12. The van der Waals surface area contributed by atoms with Crippen LogP contribution in [0.15, 0.2) is 24.3 Å². The first kappa shape index (κ1) is 14.9. The maximum Gasteiger partial charge on any atom is 0.242 e. The summed E-state index contributed by atoms with van der Waals surface area (Å²) < 4.78 is 0. The molecule has 7 N–H and O–H groups in total. The van der Waals surface area contributed by atoms with Crippen molar-refractivity contribution in [2.75, 3.05) is 6.61 Å². The molecular formula is C12H17N3O4. The Labute approximate surface area is 110 Å². The molecule has 1 aromatic rings. The zero-order valence-corrected chi connectivity index (χ0v) is 10.2. The molecule has 2 amide bonds. The molecule has 0 fully saturated rings. The molecular weight excluding hydrogens is 250 g/mol. The van der Waals surface area contributed by atoms with Crippen LogP contribution in [-0.2, 0) is 16.0 Å². The molecule has 0 unspecified atom stereocenters. The van der Waals surface area contributed by atoms with Crippen LogP contribution in [0.4, 0.5) is 0 Å². The summed E-state index contributed by atoms with van der Waals surface area (Å²) in [5.41, 5.74) is 11.4. The number of amides is 2. The first-order valence-corrected chi connectivity index (χ1v) is 5.68. The van der Waals surface area contributed by atoms with Crippen molar-refractivity contribution in [1.29, 1.82) is 0 Å². The average Bonchev–Trinajstić information content (AvgIpc) is 2.37. The topological polar surface area (TPSA) is 139 Å². The van der Waals surface area contributed by atoms with E-state index >= 15 is 0 Å². The third kappa shape index (κ3) is 4.57. The highest BCUT2D eigenvalue weighted by atomic mass is 16.3. The highest BCUT2D eigenvalue weighted by molar-refractivity contribution is 5.89. The minimum atomic E-state index is -1.14. The van der Waals surface area contributed by atoms with E-state index in [0.717, 1.165) is 5.56 Å². The van der Waals surface area contributed by atoms with Crippen LogP contribution in [-0.4, -0.2) is 40.7 Å². The van der Waals surface area contributed by atoms with Gasteiger partial charge in [0.25, 0.3) is 0 Å². The van der Waals surface area contributed by atoms with Gasteiger partial charge < -0.3 is 27.0 Å². The van der Waals surface area contributed by atoms with Crippen molar-refractivity contribution < 1.29 is 19.8 Å². The van der Waals surface area contributed by atoms with Crippen LogP contribution < -0.4 is 16.8 Å². The minimum absolute atomic E-state index is 0.121. The second-order valence-corrected chi connectivity index (χ2v) is 4.12. The Kier molecular flexibility index (Phi) is 5.28. The number of rotatable bonds is 6. The minimum Gasteiger partial charge on any atom is -0.508 e. The molecule has 1 aromatic carbocycles. The van der Waals surface area contributed by atoms with Gasteiger partial charge in [-0.25, -0.2) is 0 Å². The molecule has 0 aromatic heterocycles. The van der Waals surface area contributed by atoms with Crippen LogP contribution in [0.3, 0.4) is 0 Å². The summed E-state index contributed by atoms with van der Waals surface area (Å²) in [6, 6.07) is 4.23. The molecule has 0 spiro atoms. The van der Waals surface area contributed by atoms with Crippen molar-refractivity contribution in [3.05, 3.63) is 29.8 Å². The SMILES string of the molecule is NC(=O)[C@H](CO)NC(=O)[C@@H](N)Cc1ccc(O)cc1. The van der Waals surface area contributed by atoms with E-state index in [1.165, 1.54) is 12.1 Å². The number of aromatic hydroxyl groups is 1. The summed E-state index contributed by atoms with van der Waals surface area (Å²) in [5, 5.41) is 20.2. The Morgan fingerprint density at radius 3 is 2.32 bits per heavy atom. The molecule has 0 bridgehead atoms. The predicted molar refractivity (Wildman–Crippen MR) is 68.0 cm³/mol. The van der Waals surface area contributed by atoms with E-state index in [1.807, 2.05) is 0 Å². The van der Waals surface area contributed by atoms with Crippen molar-refractivity contribution in [1.82, 2.24) is 5.32 Å². The van der Waals surface area contributed by atoms with Gasteiger partial charge in [-0.1, -0.05) is 12.1 Å². The fourth-order valence-electron chi connectivity index (χ4n) is 1.46. The van der Waals surface area contributed by atoms with Crippen LogP contribution in [0.2, 0.25) is 0 Å². The van der Waals surface area contributed by atoms with Crippen molar-refractivity contribution in [3.8, 4) is 5.75 Å². The molecule has 0 aliphatic carbocycles. The fraction of sp³-hybridized carbons (Fsp3) is 0.333. The molecule has 104 valence electrons. The number of benzene rings is 1. The Bertz CT molecular complexity index is 447. The standard InChI is InChI=1S/C12H17N3O4/c13-9(5-7-1-3-8(17)4-2-7)12(19)15-10(6-16)11(14)18/h1-4,9-10,16-17H,5-6,13H2,(H2,14,18)(H,15,19)/t9-,10-/m0/s1. The predicted octanol–water partition coefficient (Wildman–Crippen LogP) is -1.78. The van der Waals surface area contributed by atoms with Crippen LogP contribution in [0.25, 0.3) is 0 Å². The summed E-state index contributed by atoms with van der Waals surface area (Å²) in [4.78, 5) is 22.5. The first-order chi connectivity index (χ1) is 8.93. The van der Waals surface area contributed by atoms with Crippen LogP contribution in [0.5, 0.6) is 5.75 Å². The van der Waals surface area contributed by atoms with Gasteiger partial charge in [-0.15, -0.1) is 0 Å². The van der Waals surface area contributed by atoms with Gasteiger partial charge in [0, 0.05) is 0 Å². The number of phenolic OH excluding ortho intramolecular Hbond substituents is 1. The van der Waals surface area contributed by atoms with E-state index in [1.54, 1.807) is 12.1 Å². The molecule has 0 saturated heterocycles. The lowest BCUT2D eigenvalue weighted by Crippen LogP contribution is -2.52.